The minimum Gasteiger partial charge on any atom is -0.295 e. The smallest absolute Gasteiger partial charge is 0.0991 e. The van der Waals surface area contributed by atoms with E-state index in [0.29, 0.717) is 5.56 Å². The minimum atomic E-state index is 0.638. The number of benzene rings is 2. The third-order valence-corrected chi connectivity index (χ3v) is 4.12. The normalized spacial score (nSPS) is 15.6. The summed E-state index contributed by atoms with van der Waals surface area (Å²) in [4.78, 5) is 2.45. The molecule has 0 bridgehead atoms. The van der Waals surface area contributed by atoms with Crippen molar-refractivity contribution in [2.45, 2.75) is 13.5 Å². The van der Waals surface area contributed by atoms with Gasteiger partial charge in [-0.1, -0.05) is 35.1 Å². The SMILES string of the molecule is Cc1cccc(CN2CCN(/N=N/c3ccc(C#N)cc3)CC2)c1. The second-order valence-electron chi connectivity index (χ2n) is 6.07. The Morgan fingerprint density at radius 3 is 2.46 bits per heavy atom. The van der Waals surface area contributed by atoms with Crippen molar-refractivity contribution in [2.24, 2.45) is 10.3 Å². The van der Waals surface area contributed by atoms with Gasteiger partial charge in [-0.3, -0.25) is 9.91 Å². The van der Waals surface area contributed by atoms with Gasteiger partial charge in [-0.25, -0.2) is 0 Å². The van der Waals surface area contributed by atoms with Gasteiger partial charge in [0.15, 0.2) is 0 Å². The van der Waals surface area contributed by atoms with Crippen molar-refractivity contribution in [3.8, 4) is 6.07 Å². The minimum absolute atomic E-state index is 0.638. The van der Waals surface area contributed by atoms with Crippen molar-refractivity contribution in [1.82, 2.24) is 9.91 Å². The van der Waals surface area contributed by atoms with Crippen LogP contribution in [-0.2, 0) is 6.54 Å². The van der Waals surface area contributed by atoms with Gasteiger partial charge in [0.25, 0.3) is 0 Å². The van der Waals surface area contributed by atoms with Crippen LogP contribution in [-0.4, -0.2) is 36.1 Å². The molecular weight excluding hydrogens is 298 g/mol. The summed E-state index contributed by atoms with van der Waals surface area (Å²) in [5, 5.41) is 19.4. The second kappa shape index (κ2) is 7.71. The van der Waals surface area contributed by atoms with Crippen molar-refractivity contribution in [2.75, 3.05) is 26.2 Å². The molecule has 5 nitrogen and oxygen atoms in total. The van der Waals surface area contributed by atoms with E-state index in [9.17, 15) is 0 Å². The molecule has 0 saturated carbocycles. The fourth-order valence-electron chi connectivity index (χ4n) is 2.77. The highest BCUT2D eigenvalue weighted by Gasteiger charge is 2.15. The number of piperazine rings is 1. The average molecular weight is 319 g/mol. The van der Waals surface area contributed by atoms with Gasteiger partial charge in [-0.2, -0.15) is 5.26 Å². The first-order valence-corrected chi connectivity index (χ1v) is 8.17. The van der Waals surface area contributed by atoms with Crippen molar-refractivity contribution >= 4 is 5.69 Å². The van der Waals surface area contributed by atoms with E-state index in [1.165, 1.54) is 11.1 Å². The van der Waals surface area contributed by atoms with Gasteiger partial charge in [0.2, 0.25) is 0 Å². The Morgan fingerprint density at radius 1 is 1.04 bits per heavy atom. The lowest BCUT2D eigenvalue weighted by atomic mass is 10.1. The number of nitrogens with zero attached hydrogens (tertiary/aromatic N) is 5. The Balaban J connectivity index is 1.49. The van der Waals surface area contributed by atoms with Crippen molar-refractivity contribution < 1.29 is 0 Å². The Morgan fingerprint density at radius 2 is 1.79 bits per heavy atom. The van der Waals surface area contributed by atoms with E-state index in [2.05, 4.69) is 52.5 Å². The Hall–Kier alpha value is -2.71. The maximum Gasteiger partial charge on any atom is 0.0991 e. The number of hydrogen-bond acceptors (Lipinski definition) is 4. The molecule has 122 valence electrons. The van der Waals surface area contributed by atoms with Crippen LogP contribution >= 0.6 is 0 Å². The molecule has 1 aliphatic heterocycles. The van der Waals surface area contributed by atoms with Crippen LogP contribution in [0.5, 0.6) is 0 Å². The summed E-state index contributed by atoms with van der Waals surface area (Å²) in [5.74, 6) is 0. The van der Waals surface area contributed by atoms with E-state index in [0.717, 1.165) is 38.4 Å². The van der Waals surface area contributed by atoms with E-state index in [4.69, 9.17) is 5.26 Å². The molecule has 0 radical (unpaired) electrons. The Labute approximate surface area is 142 Å². The predicted octanol–water partition coefficient (Wildman–Crippen LogP) is 3.68. The summed E-state index contributed by atoms with van der Waals surface area (Å²) in [6, 6.07) is 17.9. The van der Waals surface area contributed by atoms with Crippen LogP contribution in [0.4, 0.5) is 5.69 Å². The first-order chi connectivity index (χ1) is 11.7. The summed E-state index contributed by atoms with van der Waals surface area (Å²) in [7, 11) is 0. The van der Waals surface area contributed by atoms with Gasteiger partial charge in [0.1, 0.15) is 0 Å². The molecule has 1 fully saturated rings. The molecule has 0 amide bonds. The first-order valence-electron chi connectivity index (χ1n) is 8.17. The molecular formula is C19H21N5. The predicted molar refractivity (Wildman–Crippen MR) is 93.7 cm³/mol. The van der Waals surface area contributed by atoms with Crippen LogP contribution in [0.25, 0.3) is 0 Å². The first kappa shape index (κ1) is 16.2. The van der Waals surface area contributed by atoms with E-state index < -0.39 is 0 Å². The summed E-state index contributed by atoms with van der Waals surface area (Å²) in [6.07, 6.45) is 0. The molecule has 1 aliphatic rings. The average Bonchev–Trinajstić information content (AvgIpc) is 2.62. The fraction of sp³-hybridized carbons (Fsp3) is 0.316. The highest BCUT2D eigenvalue weighted by Crippen LogP contribution is 2.15. The molecule has 0 N–H and O–H groups in total. The van der Waals surface area contributed by atoms with Gasteiger partial charge >= 0.3 is 0 Å². The van der Waals surface area contributed by atoms with Crippen molar-refractivity contribution in [1.29, 1.82) is 5.26 Å². The van der Waals surface area contributed by atoms with Crippen LogP contribution in [0.3, 0.4) is 0 Å². The van der Waals surface area contributed by atoms with E-state index in [-0.39, 0.29) is 0 Å². The summed E-state index contributed by atoms with van der Waals surface area (Å²) >= 11 is 0. The highest BCUT2D eigenvalue weighted by atomic mass is 15.6. The molecule has 0 atom stereocenters. The lowest BCUT2D eigenvalue weighted by Crippen LogP contribution is -2.43. The monoisotopic (exact) mass is 319 g/mol. The maximum atomic E-state index is 8.79. The van der Waals surface area contributed by atoms with Gasteiger partial charge in [0, 0.05) is 19.6 Å². The molecule has 1 saturated heterocycles. The van der Waals surface area contributed by atoms with Crippen LogP contribution in [0.1, 0.15) is 16.7 Å². The molecule has 24 heavy (non-hydrogen) atoms. The quantitative estimate of drug-likeness (QED) is 0.808. The Kier molecular flexibility index (Phi) is 5.19. The van der Waals surface area contributed by atoms with Crippen molar-refractivity contribution in [3.05, 3.63) is 65.2 Å². The summed E-state index contributed by atoms with van der Waals surface area (Å²) in [6.45, 7) is 6.85. The van der Waals surface area contributed by atoms with E-state index in [1.54, 1.807) is 12.1 Å². The largest absolute Gasteiger partial charge is 0.295 e. The van der Waals surface area contributed by atoms with Gasteiger partial charge < -0.3 is 0 Å². The van der Waals surface area contributed by atoms with Gasteiger partial charge in [-0.05, 0) is 36.8 Å². The van der Waals surface area contributed by atoms with Crippen LogP contribution in [0.15, 0.2) is 58.9 Å². The molecule has 0 unspecified atom stereocenters. The van der Waals surface area contributed by atoms with E-state index >= 15 is 0 Å². The molecule has 1 heterocycles. The lowest BCUT2D eigenvalue weighted by Gasteiger charge is -2.32. The third kappa shape index (κ3) is 4.40. The van der Waals surface area contributed by atoms with Gasteiger partial charge in [-0.15, -0.1) is 5.11 Å². The maximum absolute atomic E-state index is 8.79. The number of rotatable bonds is 4. The highest BCUT2D eigenvalue weighted by molar-refractivity contribution is 5.41. The van der Waals surface area contributed by atoms with Crippen molar-refractivity contribution in [3.63, 3.8) is 0 Å². The number of aryl methyl sites for hydroxylation is 1. The van der Waals surface area contributed by atoms with Crippen LogP contribution in [0.2, 0.25) is 0 Å². The lowest BCUT2D eigenvalue weighted by molar-refractivity contribution is 0.124. The number of nitriles is 1. The molecule has 0 aliphatic carbocycles. The zero-order chi connectivity index (χ0) is 16.8. The summed E-state index contributed by atoms with van der Waals surface area (Å²) in [5.41, 5.74) is 4.08. The van der Waals surface area contributed by atoms with Crippen LogP contribution < -0.4 is 0 Å². The summed E-state index contributed by atoms with van der Waals surface area (Å²) < 4.78 is 0. The zero-order valence-corrected chi connectivity index (χ0v) is 13.9. The second-order valence-corrected chi connectivity index (χ2v) is 6.07. The zero-order valence-electron chi connectivity index (χ0n) is 13.9. The molecule has 3 rings (SSSR count). The Bertz CT molecular complexity index is 737. The third-order valence-electron chi connectivity index (χ3n) is 4.12. The molecule has 0 aromatic heterocycles. The molecule has 0 spiro atoms. The fourth-order valence-corrected chi connectivity index (χ4v) is 2.77. The van der Waals surface area contributed by atoms with E-state index in [1.807, 2.05) is 17.1 Å². The number of hydrogen-bond donors (Lipinski definition) is 0. The van der Waals surface area contributed by atoms with Crippen LogP contribution in [0, 0.1) is 18.3 Å². The molecule has 5 heteroatoms. The standard InChI is InChI=1S/C19H21N5/c1-16-3-2-4-18(13-16)15-23-9-11-24(12-10-23)22-21-19-7-5-17(14-20)6-8-19/h2-8,13H,9-12,15H2,1H3/b22-21+. The van der Waals surface area contributed by atoms with Gasteiger partial charge in [0.05, 0.1) is 30.4 Å². The molecule has 2 aromatic rings. The molecule has 2 aromatic carbocycles. The topological polar surface area (TPSA) is 55.0 Å².